The number of anilines is 1. The minimum atomic E-state index is -0.511. The average molecular weight is 263 g/mol. The van der Waals surface area contributed by atoms with Crippen molar-refractivity contribution in [3.05, 3.63) is 29.6 Å². The molecule has 1 aromatic carbocycles. The van der Waals surface area contributed by atoms with Gasteiger partial charge < -0.3 is 10.4 Å². The van der Waals surface area contributed by atoms with Crippen LogP contribution < -0.4 is 5.32 Å². The van der Waals surface area contributed by atoms with Crippen LogP contribution in [0.4, 0.5) is 10.1 Å². The van der Waals surface area contributed by atoms with E-state index in [9.17, 15) is 9.18 Å². The number of halogens is 1. The number of benzene rings is 1. The van der Waals surface area contributed by atoms with Gasteiger partial charge >= 0.3 is 0 Å². The zero-order valence-corrected chi connectivity index (χ0v) is 11.2. The van der Waals surface area contributed by atoms with E-state index in [-0.39, 0.29) is 24.0 Å². The van der Waals surface area contributed by atoms with Gasteiger partial charge in [-0.15, -0.1) is 0 Å². The molecule has 1 rings (SSSR count). The summed E-state index contributed by atoms with van der Waals surface area (Å²) in [5.74, 6) is 4.21. The molecule has 0 radical (unpaired) electrons. The van der Waals surface area contributed by atoms with Gasteiger partial charge in [0.05, 0.1) is 5.56 Å². The van der Waals surface area contributed by atoms with Gasteiger partial charge in [0, 0.05) is 11.6 Å². The summed E-state index contributed by atoms with van der Waals surface area (Å²) in [4.78, 5) is 11.8. The van der Waals surface area contributed by atoms with Crippen molar-refractivity contribution in [3.8, 4) is 11.8 Å². The first-order chi connectivity index (χ1) is 9.12. The first kappa shape index (κ1) is 15.2. The highest BCUT2D eigenvalue weighted by Crippen LogP contribution is 2.16. The molecule has 0 saturated carbocycles. The summed E-state index contributed by atoms with van der Waals surface area (Å²) in [5, 5.41) is 11.2. The minimum absolute atomic E-state index is 0.0584. The van der Waals surface area contributed by atoms with Gasteiger partial charge in [0.25, 0.3) is 0 Å². The van der Waals surface area contributed by atoms with Crippen molar-refractivity contribution in [2.75, 3.05) is 11.9 Å². The molecule has 102 valence electrons. The van der Waals surface area contributed by atoms with Crippen molar-refractivity contribution in [1.29, 1.82) is 0 Å². The first-order valence-electron chi connectivity index (χ1n) is 6.32. The van der Waals surface area contributed by atoms with E-state index in [0.717, 1.165) is 12.8 Å². The molecule has 0 unspecified atom stereocenters. The van der Waals surface area contributed by atoms with Gasteiger partial charge in [-0.1, -0.05) is 25.7 Å². The zero-order valence-electron chi connectivity index (χ0n) is 11.2. The lowest BCUT2D eigenvalue weighted by Gasteiger charge is -2.12. The van der Waals surface area contributed by atoms with Crippen molar-refractivity contribution in [2.45, 2.75) is 26.7 Å². The Labute approximate surface area is 112 Å². The Morgan fingerprint density at radius 2 is 2.11 bits per heavy atom. The molecular formula is C15H18FNO2. The molecule has 19 heavy (non-hydrogen) atoms. The highest BCUT2D eigenvalue weighted by atomic mass is 19.1. The van der Waals surface area contributed by atoms with Gasteiger partial charge in [0.15, 0.2) is 0 Å². The molecule has 0 spiro atoms. The van der Waals surface area contributed by atoms with Crippen molar-refractivity contribution in [1.82, 2.24) is 0 Å². The lowest BCUT2D eigenvalue weighted by atomic mass is 10.0. The lowest BCUT2D eigenvalue weighted by molar-refractivity contribution is -0.120. The topological polar surface area (TPSA) is 49.3 Å². The molecule has 0 aromatic heterocycles. The molecule has 3 nitrogen and oxygen atoms in total. The Bertz CT molecular complexity index is 499. The Balaban J connectivity index is 2.81. The van der Waals surface area contributed by atoms with E-state index in [4.69, 9.17) is 5.11 Å². The zero-order chi connectivity index (χ0) is 14.3. The molecule has 0 heterocycles. The van der Waals surface area contributed by atoms with Gasteiger partial charge in [0.1, 0.15) is 12.4 Å². The number of hydrogen-bond donors (Lipinski definition) is 2. The average Bonchev–Trinajstić information content (AvgIpc) is 2.39. The predicted molar refractivity (Wildman–Crippen MR) is 73.1 cm³/mol. The van der Waals surface area contributed by atoms with Crippen LogP contribution in [0.5, 0.6) is 0 Å². The van der Waals surface area contributed by atoms with Crippen molar-refractivity contribution < 1.29 is 14.3 Å². The highest BCUT2D eigenvalue weighted by Gasteiger charge is 2.14. The third-order valence-corrected chi connectivity index (χ3v) is 2.90. The smallest absolute Gasteiger partial charge is 0.227 e. The third kappa shape index (κ3) is 4.38. The van der Waals surface area contributed by atoms with Gasteiger partial charge in [-0.25, -0.2) is 4.39 Å². The van der Waals surface area contributed by atoms with E-state index in [2.05, 4.69) is 17.2 Å². The summed E-state index contributed by atoms with van der Waals surface area (Å²) in [6.45, 7) is 3.58. The standard InChI is InChI=1S/C15H18FNO2/c1-3-11(4-2)15(19)17-13-8-7-12(6-5-9-18)14(16)10-13/h7-8,10-11,18H,3-4,9H2,1-2H3,(H,17,19). The molecule has 0 atom stereocenters. The van der Waals surface area contributed by atoms with E-state index in [1.807, 2.05) is 13.8 Å². The van der Waals surface area contributed by atoms with Crippen LogP contribution in [-0.2, 0) is 4.79 Å². The largest absolute Gasteiger partial charge is 0.384 e. The van der Waals surface area contributed by atoms with E-state index in [1.54, 1.807) is 6.07 Å². The summed E-state index contributed by atoms with van der Waals surface area (Å²) in [5.41, 5.74) is 0.624. The number of nitrogens with one attached hydrogen (secondary N) is 1. The van der Waals surface area contributed by atoms with Crippen LogP contribution in [0, 0.1) is 23.6 Å². The second kappa shape index (κ2) is 7.55. The fourth-order valence-corrected chi connectivity index (χ4v) is 1.73. The molecule has 4 heteroatoms. The van der Waals surface area contributed by atoms with Crippen LogP contribution in [0.15, 0.2) is 18.2 Å². The van der Waals surface area contributed by atoms with E-state index < -0.39 is 5.82 Å². The molecule has 0 aliphatic heterocycles. The van der Waals surface area contributed by atoms with E-state index in [0.29, 0.717) is 5.69 Å². The molecular weight excluding hydrogens is 245 g/mol. The van der Waals surface area contributed by atoms with Gasteiger partial charge in [-0.05, 0) is 31.0 Å². The molecule has 0 fully saturated rings. The molecule has 0 bridgehead atoms. The monoisotopic (exact) mass is 263 g/mol. The Kier molecular flexibility index (Phi) is 6.04. The Morgan fingerprint density at radius 1 is 1.42 bits per heavy atom. The first-order valence-corrected chi connectivity index (χ1v) is 6.32. The van der Waals surface area contributed by atoms with E-state index >= 15 is 0 Å². The number of amides is 1. The molecule has 0 aliphatic carbocycles. The number of carbonyl (C=O) groups excluding carboxylic acids is 1. The van der Waals surface area contributed by atoms with Crippen LogP contribution in [0.1, 0.15) is 32.3 Å². The minimum Gasteiger partial charge on any atom is -0.384 e. The SMILES string of the molecule is CCC(CC)C(=O)Nc1ccc(C#CCO)c(F)c1. The normalized spacial score (nSPS) is 9.95. The summed E-state index contributed by atoms with van der Waals surface area (Å²) < 4.78 is 13.7. The molecule has 1 aromatic rings. The lowest BCUT2D eigenvalue weighted by Crippen LogP contribution is -2.21. The van der Waals surface area contributed by atoms with Crippen LogP contribution in [-0.4, -0.2) is 17.6 Å². The quantitative estimate of drug-likeness (QED) is 0.820. The summed E-state index contributed by atoms with van der Waals surface area (Å²) >= 11 is 0. The number of carbonyl (C=O) groups is 1. The van der Waals surface area contributed by atoms with Crippen LogP contribution >= 0.6 is 0 Å². The molecule has 0 aliphatic rings. The van der Waals surface area contributed by atoms with Gasteiger partial charge in [-0.3, -0.25) is 4.79 Å². The second-order valence-corrected chi connectivity index (χ2v) is 4.16. The number of aliphatic hydroxyl groups is 1. The Morgan fingerprint density at radius 3 is 2.63 bits per heavy atom. The summed E-state index contributed by atoms with van der Waals surface area (Å²) in [7, 11) is 0. The maximum absolute atomic E-state index is 13.7. The number of hydrogen-bond acceptors (Lipinski definition) is 2. The van der Waals surface area contributed by atoms with Crippen LogP contribution in [0.2, 0.25) is 0 Å². The number of rotatable bonds is 4. The maximum Gasteiger partial charge on any atom is 0.227 e. The predicted octanol–water partition coefficient (Wildman–Crippen LogP) is 2.54. The van der Waals surface area contributed by atoms with E-state index in [1.165, 1.54) is 12.1 Å². The highest BCUT2D eigenvalue weighted by molar-refractivity contribution is 5.92. The van der Waals surface area contributed by atoms with Crippen molar-refractivity contribution >= 4 is 11.6 Å². The summed E-state index contributed by atoms with van der Waals surface area (Å²) in [6, 6.07) is 4.33. The molecule has 0 saturated heterocycles. The Hall–Kier alpha value is -1.86. The summed E-state index contributed by atoms with van der Waals surface area (Å²) in [6.07, 6.45) is 1.51. The van der Waals surface area contributed by atoms with Crippen LogP contribution in [0.3, 0.4) is 0 Å². The molecule has 1 amide bonds. The van der Waals surface area contributed by atoms with Crippen LogP contribution in [0.25, 0.3) is 0 Å². The van der Waals surface area contributed by atoms with Crippen molar-refractivity contribution in [2.24, 2.45) is 5.92 Å². The fourth-order valence-electron chi connectivity index (χ4n) is 1.73. The van der Waals surface area contributed by atoms with Gasteiger partial charge in [0.2, 0.25) is 5.91 Å². The maximum atomic E-state index is 13.7. The van der Waals surface area contributed by atoms with Crippen molar-refractivity contribution in [3.63, 3.8) is 0 Å². The third-order valence-electron chi connectivity index (χ3n) is 2.90. The molecule has 2 N–H and O–H groups in total. The van der Waals surface area contributed by atoms with Gasteiger partial charge in [-0.2, -0.15) is 0 Å². The second-order valence-electron chi connectivity index (χ2n) is 4.16. The fraction of sp³-hybridized carbons (Fsp3) is 0.400. The number of aliphatic hydroxyl groups excluding tert-OH is 1.